The molecule has 5 nitrogen and oxygen atoms in total. The summed E-state index contributed by atoms with van der Waals surface area (Å²) in [7, 11) is 0. The van der Waals surface area contributed by atoms with Crippen molar-refractivity contribution in [1.29, 1.82) is 0 Å². The van der Waals surface area contributed by atoms with Crippen molar-refractivity contribution < 1.29 is 19.1 Å². The van der Waals surface area contributed by atoms with Gasteiger partial charge in [-0.15, -0.1) is 0 Å². The molecule has 1 saturated carbocycles. The van der Waals surface area contributed by atoms with Crippen molar-refractivity contribution in [3.8, 4) is 5.75 Å². The summed E-state index contributed by atoms with van der Waals surface area (Å²) in [6.45, 7) is 5.87. The molecule has 0 spiro atoms. The Morgan fingerprint density at radius 2 is 2.00 bits per heavy atom. The van der Waals surface area contributed by atoms with Gasteiger partial charge in [-0.25, -0.2) is 4.79 Å². The van der Waals surface area contributed by atoms with Crippen LogP contribution in [-0.4, -0.2) is 31.1 Å². The van der Waals surface area contributed by atoms with E-state index in [2.05, 4.69) is 19.2 Å². The van der Waals surface area contributed by atoms with Gasteiger partial charge >= 0.3 is 5.97 Å². The number of ether oxygens (including phenoxy) is 2. The van der Waals surface area contributed by atoms with Gasteiger partial charge in [0.25, 0.3) is 5.91 Å². The van der Waals surface area contributed by atoms with Crippen LogP contribution in [0.15, 0.2) is 24.3 Å². The second-order valence-corrected chi connectivity index (χ2v) is 6.71. The maximum atomic E-state index is 12.0. The Kier molecular flexibility index (Phi) is 6.64. The van der Waals surface area contributed by atoms with Crippen LogP contribution in [-0.2, 0) is 14.3 Å². The predicted octanol–water partition coefficient (Wildman–Crippen LogP) is 2.86. The average Bonchev–Trinajstić information content (AvgIpc) is 2.55. The highest BCUT2D eigenvalue weighted by molar-refractivity contribution is 5.81. The van der Waals surface area contributed by atoms with Crippen LogP contribution in [0.5, 0.6) is 5.75 Å². The van der Waals surface area contributed by atoms with Crippen LogP contribution in [0.2, 0.25) is 0 Å². The molecule has 1 aliphatic carbocycles. The van der Waals surface area contributed by atoms with Crippen molar-refractivity contribution in [3.05, 3.63) is 29.8 Å². The minimum atomic E-state index is -0.545. The van der Waals surface area contributed by atoms with E-state index >= 15 is 0 Å². The van der Waals surface area contributed by atoms with Gasteiger partial charge in [-0.3, -0.25) is 4.79 Å². The first kappa shape index (κ1) is 18.3. The number of carbonyl (C=O) groups excluding carboxylic acids is 2. The molecular weight excluding hydrogens is 306 g/mol. The van der Waals surface area contributed by atoms with E-state index < -0.39 is 5.97 Å². The number of hydrogen-bond acceptors (Lipinski definition) is 4. The van der Waals surface area contributed by atoms with Crippen LogP contribution in [0.1, 0.15) is 38.7 Å². The van der Waals surface area contributed by atoms with Crippen molar-refractivity contribution in [2.75, 3.05) is 13.2 Å². The lowest BCUT2D eigenvalue weighted by molar-refractivity contribution is -0.150. The van der Waals surface area contributed by atoms with Crippen molar-refractivity contribution >= 4 is 11.9 Å². The summed E-state index contributed by atoms with van der Waals surface area (Å²) in [6.07, 6.45) is 3.32. The molecule has 132 valence electrons. The third-order valence-electron chi connectivity index (χ3n) is 4.76. The monoisotopic (exact) mass is 333 g/mol. The number of nitrogens with one attached hydrogen (secondary N) is 1. The quantitative estimate of drug-likeness (QED) is 0.813. The van der Waals surface area contributed by atoms with Gasteiger partial charge in [0.1, 0.15) is 5.75 Å². The van der Waals surface area contributed by atoms with E-state index in [-0.39, 0.29) is 25.2 Å². The number of esters is 1. The van der Waals surface area contributed by atoms with Gasteiger partial charge in [0.2, 0.25) is 0 Å². The SMILES string of the molecule is Cc1cccc(OCC(=O)OCC(=O)N[C@@H]2CCC[C@@H](C)[C@H]2C)c1. The lowest BCUT2D eigenvalue weighted by Gasteiger charge is -2.34. The van der Waals surface area contributed by atoms with E-state index in [0.29, 0.717) is 17.6 Å². The molecule has 0 aliphatic heterocycles. The molecular formula is C19H27NO4. The molecule has 1 aromatic rings. The molecule has 0 aromatic heterocycles. The number of amides is 1. The molecule has 3 atom stereocenters. The van der Waals surface area contributed by atoms with Gasteiger partial charge < -0.3 is 14.8 Å². The van der Waals surface area contributed by atoms with Gasteiger partial charge in [0.15, 0.2) is 13.2 Å². The highest BCUT2D eigenvalue weighted by Gasteiger charge is 2.28. The second kappa shape index (κ2) is 8.71. The zero-order valence-corrected chi connectivity index (χ0v) is 14.7. The molecule has 0 radical (unpaired) electrons. The Balaban J connectivity index is 1.68. The highest BCUT2D eigenvalue weighted by Crippen LogP contribution is 2.29. The van der Waals surface area contributed by atoms with E-state index in [1.54, 1.807) is 6.07 Å². The van der Waals surface area contributed by atoms with E-state index in [1.165, 1.54) is 6.42 Å². The first-order valence-electron chi connectivity index (χ1n) is 8.60. The largest absolute Gasteiger partial charge is 0.482 e. The van der Waals surface area contributed by atoms with Crippen LogP contribution in [0.3, 0.4) is 0 Å². The Morgan fingerprint density at radius 1 is 1.21 bits per heavy atom. The van der Waals surface area contributed by atoms with E-state index in [0.717, 1.165) is 18.4 Å². The molecule has 2 rings (SSSR count). The molecule has 1 fully saturated rings. The predicted molar refractivity (Wildman–Crippen MR) is 91.7 cm³/mol. The zero-order valence-electron chi connectivity index (χ0n) is 14.7. The molecule has 0 heterocycles. The van der Waals surface area contributed by atoms with E-state index in [4.69, 9.17) is 9.47 Å². The van der Waals surface area contributed by atoms with Gasteiger partial charge in [0, 0.05) is 6.04 Å². The highest BCUT2D eigenvalue weighted by atomic mass is 16.6. The fourth-order valence-electron chi connectivity index (χ4n) is 3.07. The maximum Gasteiger partial charge on any atom is 0.344 e. The van der Waals surface area contributed by atoms with Crippen LogP contribution in [0.4, 0.5) is 0 Å². The van der Waals surface area contributed by atoms with Crippen LogP contribution >= 0.6 is 0 Å². The molecule has 1 amide bonds. The number of benzene rings is 1. The fraction of sp³-hybridized carbons (Fsp3) is 0.579. The Labute approximate surface area is 143 Å². The topological polar surface area (TPSA) is 64.6 Å². The second-order valence-electron chi connectivity index (χ2n) is 6.71. The maximum absolute atomic E-state index is 12.0. The molecule has 0 bridgehead atoms. The lowest BCUT2D eigenvalue weighted by atomic mass is 9.78. The van der Waals surface area contributed by atoms with Crippen LogP contribution in [0, 0.1) is 18.8 Å². The normalized spacial score (nSPS) is 23.4. The van der Waals surface area contributed by atoms with Crippen molar-refractivity contribution in [2.45, 2.75) is 46.1 Å². The summed E-state index contributed by atoms with van der Waals surface area (Å²) in [6, 6.07) is 7.59. The number of aryl methyl sites for hydroxylation is 1. The molecule has 1 aromatic carbocycles. The number of hydrogen-bond donors (Lipinski definition) is 1. The lowest BCUT2D eigenvalue weighted by Crippen LogP contribution is -2.45. The van der Waals surface area contributed by atoms with E-state index in [1.807, 2.05) is 25.1 Å². The first-order chi connectivity index (χ1) is 11.5. The van der Waals surface area contributed by atoms with Crippen molar-refractivity contribution in [3.63, 3.8) is 0 Å². The third-order valence-corrected chi connectivity index (χ3v) is 4.76. The van der Waals surface area contributed by atoms with Crippen LogP contribution in [0.25, 0.3) is 0 Å². The summed E-state index contributed by atoms with van der Waals surface area (Å²) in [5, 5.41) is 2.98. The van der Waals surface area contributed by atoms with E-state index in [9.17, 15) is 9.59 Å². The summed E-state index contributed by atoms with van der Waals surface area (Å²) < 4.78 is 10.3. The molecule has 1 aliphatic rings. The van der Waals surface area contributed by atoms with Gasteiger partial charge in [0.05, 0.1) is 0 Å². The average molecular weight is 333 g/mol. The summed E-state index contributed by atoms with van der Waals surface area (Å²) in [5.74, 6) is 0.875. The minimum absolute atomic E-state index is 0.170. The third kappa shape index (κ3) is 5.55. The summed E-state index contributed by atoms with van der Waals surface area (Å²) in [5.41, 5.74) is 1.05. The molecule has 1 N–H and O–H groups in total. The number of rotatable bonds is 6. The standard InChI is InChI=1S/C19H27NO4/c1-13-6-4-8-16(10-13)23-12-19(22)24-11-18(21)20-17-9-5-7-14(2)15(17)3/h4,6,8,10,14-15,17H,5,7,9,11-12H2,1-3H3,(H,20,21)/t14-,15-,17-/m1/s1. The Bertz CT molecular complexity index is 572. The van der Waals surface area contributed by atoms with Gasteiger partial charge in [-0.1, -0.05) is 38.8 Å². The molecule has 5 heteroatoms. The fourth-order valence-corrected chi connectivity index (χ4v) is 3.07. The molecule has 0 unspecified atom stereocenters. The van der Waals surface area contributed by atoms with Crippen LogP contribution < -0.4 is 10.1 Å². The summed E-state index contributed by atoms with van der Waals surface area (Å²) >= 11 is 0. The molecule has 24 heavy (non-hydrogen) atoms. The summed E-state index contributed by atoms with van der Waals surface area (Å²) in [4.78, 5) is 23.6. The minimum Gasteiger partial charge on any atom is -0.482 e. The van der Waals surface area contributed by atoms with Crippen molar-refractivity contribution in [1.82, 2.24) is 5.32 Å². The molecule has 0 saturated heterocycles. The number of carbonyl (C=O) groups is 2. The van der Waals surface area contributed by atoms with Crippen molar-refractivity contribution in [2.24, 2.45) is 11.8 Å². The zero-order chi connectivity index (χ0) is 17.5. The van der Waals surface area contributed by atoms with Gasteiger partial charge in [-0.2, -0.15) is 0 Å². The smallest absolute Gasteiger partial charge is 0.344 e. The Hall–Kier alpha value is -2.04. The first-order valence-corrected chi connectivity index (χ1v) is 8.60. The Morgan fingerprint density at radius 3 is 2.75 bits per heavy atom. The van der Waals surface area contributed by atoms with Gasteiger partial charge in [-0.05, 0) is 42.9 Å².